The zero-order valence-corrected chi connectivity index (χ0v) is 13.8. The van der Waals surface area contributed by atoms with Crippen molar-refractivity contribution in [1.82, 2.24) is 4.98 Å². The molecule has 0 aliphatic carbocycles. The molecule has 1 saturated heterocycles. The third-order valence-corrected chi connectivity index (χ3v) is 5.43. The summed E-state index contributed by atoms with van der Waals surface area (Å²) in [5.41, 5.74) is 3.44. The maximum absolute atomic E-state index is 13.0. The Morgan fingerprint density at radius 1 is 0.957 bits per heavy atom. The van der Waals surface area contributed by atoms with Gasteiger partial charge >= 0.3 is 0 Å². The van der Waals surface area contributed by atoms with Crippen LogP contribution in [0, 0.1) is 12.7 Å². The van der Waals surface area contributed by atoms with Crippen LogP contribution in [0.5, 0.6) is 0 Å². The second-order valence-electron chi connectivity index (χ2n) is 5.87. The molecule has 118 valence electrons. The van der Waals surface area contributed by atoms with Crippen LogP contribution in [0.4, 0.5) is 15.2 Å². The number of hydrogen-bond donors (Lipinski definition) is 0. The zero-order chi connectivity index (χ0) is 15.8. The molecule has 0 saturated carbocycles. The second-order valence-corrected chi connectivity index (χ2v) is 6.88. The van der Waals surface area contributed by atoms with Crippen molar-refractivity contribution in [2.45, 2.75) is 6.92 Å². The molecule has 4 rings (SSSR count). The molecule has 1 aromatic heterocycles. The lowest BCUT2D eigenvalue weighted by Crippen LogP contribution is -2.46. The molecule has 3 aromatic rings. The number of hydrogen-bond acceptors (Lipinski definition) is 4. The van der Waals surface area contributed by atoms with Gasteiger partial charge in [0.15, 0.2) is 5.13 Å². The Hall–Kier alpha value is -2.14. The van der Waals surface area contributed by atoms with E-state index in [0.717, 1.165) is 42.5 Å². The van der Waals surface area contributed by atoms with Crippen LogP contribution >= 0.6 is 11.3 Å². The van der Waals surface area contributed by atoms with Crippen LogP contribution < -0.4 is 9.80 Å². The summed E-state index contributed by atoms with van der Waals surface area (Å²) in [4.78, 5) is 9.47. The van der Waals surface area contributed by atoms with Gasteiger partial charge in [0.25, 0.3) is 0 Å². The van der Waals surface area contributed by atoms with Crippen LogP contribution in [-0.2, 0) is 0 Å². The highest BCUT2D eigenvalue weighted by Crippen LogP contribution is 2.31. The molecule has 0 unspecified atom stereocenters. The van der Waals surface area contributed by atoms with Gasteiger partial charge in [-0.15, -0.1) is 0 Å². The van der Waals surface area contributed by atoms with Crippen molar-refractivity contribution in [2.75, 3.05) is 36.0 Å². The predicted octanol–water partition coefficient (Wildman–Crippen LogP) is 4.07. The Morgan fingerprint density at radius 2 is 1.65 bits per heavy atom. The van der Waals surface area contributed by atoms with Crippen LogP contribution in [0.1, 0.15) is 5.56 Å². The Balaban J connectivity index is 1.50. The van der Waals surface area contributed by atoms with Crippen LogP contribution in [0.25, 0.3) is 10.2 Å². The van der Waals surface area contributed by atoms with Gasteiger partial charge in [-0.2, -0.15) is 0 Å². The largest absolute Gasteiger partial charge is 0.368 e. The minimum absolute atomic E-state index is 0.183. The molecule has 1 aliphatic heterocycles. The van der Waals surface area contributed by atoms with E-state index in [1.807, 2.05) is 12.1 Å². The van der Waals surface area contributed by atoms with E-state index in [1.54, 1.807) is 11.3 Å². The monoisotopic (exact) mass is 327 g/mol. The molecular formula is C18H18FN3S. The lowest BCUT2D eigenvalue weighted by molar-refractivity contribution is 0.624. The molecule has 3 nitrogen and oxygen atoms in total. The topological polar surface area (TPSA) is 19.4 Å². The average Bonchev–Trinajstić information content (AvgIpc) is 3.01. The number of halogens is 1. The fourth-order valence-electron chi connectivity index (χ4n) is 3.02. The number of aromatic nitrogens is 1. The Bertz CT molecular complexity index is 820. The number of para-hydroxylation sites is 1. The zero-order valence-electron chi connectivity index (χ0n) is 13.0. The molecule has 23 heavy (non-hydrogen) atoms. The van der Waals surface area contributed by atoms with E-state index in [4.69, 9.17) is 4.98 Å². The van der Waals surface area contributed by atoms with Crippen molar-refractivity contribution in [3.05, 3.63) is 53.8 Å². The van der Waals surface area contributed by atoms with E-state index < -0.39 is 0 Å². The third-order valence-electron chi connectivity index (χ3n) is 4.35. The van der Waals surface area contributed by atoms with Crippen LogP contribution in [-0.4, -0.2) is 31.2 Å². The van der Waals surface area contributed by atoms with Crippen LogP contribution in [0.2, 0.25) is 0 Å². The fraction of sp³-hybridized carbons (Fsp3) is 0.278. The smallest absolute Gasteiger partial charge is 0.186 e. The number of nitrogens with zero attached hydrogens (tertiary/aromatic N) is 3. The van der Waals surface area contributed by atoms with Crippen molar-refractivity contribution in [3.63, 3.8) is 0 Å². The van der Waals surface area contributed by atoms with Gasteiger partial charge in [0.05, 0.1) is 10.2 Å². The molecule has 2 heterocycles. The van der Waals surface area contributed by atoms with Gasteiger partial charge in [-0.25, -0.2) is 9.37 Å². The summed E-state index contributed by atoms with van der Waals surface area (Å²) in [6.45, 7) is 5.85. The number of piperazine rings is 1. The number of thiazole rings is 1. The van der Waals surface area contributed by atoms with Crippen LogP contribution in [0.15, 0.2) is 42.5 Å². The first-order valence-electron chi connectivity index (χ1n) is 7.82. The van der Waals surface area contributed by atoms with Gasteiger partial charge in [0.2, 0.25) is 0 Å². The van der Waals surface area contributed by atoms with E-state index in [0.29, 0.717) is 0 Å². The van der Waals surface area contributed by atoms with E-state index in [1.165, 1.54) is 22.4 Å². The van der Waals surface area contributed by atoms with E-state index in [-0.39, 0.29) is 5.82 Å². The quantitative estimate of drug-likeness (QED) is 0.707. The summed E-state index contributed by atoms with van der Waals surface area (Å²) in [5, 5.41) is 1.10. The van der Waals surface area contributed by atoms with Crippen molar-refractivity contribution in [1.29, 1.82) is 0 Å². The molecule has 2 aromatic carbocycles. The molecule has 0 spiro atoms. The highest BCUT2D eigenvalue weighted by atomic mass is 32.1. The number of rotatable bonds is 2. The van der Waals surface area contributed by atoms with Gasteiger partial charge in [-0.3, -0.25) is 0 Å². The first kappa shape index (κ1) is 14.5. The number of anilines is 2. The minimum Gasteiger partial charge on any atom is -0.368 e. The van der Waals surface area contributed by atoms with E-state index in [9.17, 15) is 4.39 Å². The van der Waals surface area contributed by atoms with Crippen molar-refractivity contribution in [2.24, 2.45) is 0 Å². The van der Waals surface area contributed by atoms with Crippen molar-refractivity contribution < 1.29 is 4.39 Å². The molecule has 1 fully saturated rings. The fourth-order valence-corrected chi connectivity index (χ4v) is 4.11. The first-order valence-corrected chi connectivity index (χ1v) is 8.64. The molecule has 0 N–H and O–H groups in total. The summed E-state index contributed by atoms with van der Waals surface area (Å²) in [6, 6.07) is 13.1. The minimum atomic E-state index is -0.183. The van der Waals surface area contributed by atoms with Gasteiger partial charge < -0.3 is 9.80 Å². The summed E-state index contributed by atoms with van der Waals surface area (Å²) < 4.78 is 14.3. The number of fused-ring (bicyclic) bond motifs is 1. The van der Waals surface area contributed by atoms with Crippen molar-refractivity contribution >= 4 is 32.4 Å². The molecule has 0 radical (unpaired) electrons. The number of benzene rings is 2. The average molecular weight is 327 g/mol. The summed E-state index contributed by atoms with van der Waals surface area (Å²) in [7, 11) is 0. The normalized spacial score (nSPS) is 15.4. The molecule has 0 amide bonds. The van der Waals surface area contributed by atoms with E-state index >= 15 is 0 Å². The van der Waals surface area contributed by atoms with Gasteiger partial charge in [0, 0.05) is 31.9 Å². The molecular weight excluding hydrogens is 309 g/mol. The molecule has 1 aliphatic rings. The SMILES string of the molecule is Cc1cccc2sc(N3CCN(c4ccc(F)cc4)CC3)nc12. The Labute approximate surface area is 139 Å². The standard InChI is InChI=1S/C18H18FN3S/c1-13-3-2-4-16-17(13)20-18(23-16)22-11-9-21(10-12-22)15-7-5-14(19)6-8-15/h2-8H,9-12H2,1H3. The van der Waals surface area contributed by atoms with Gasteiger partial charge in [-0.1, -0.05) is 23.5 Å². The molecule has 5 heteroatoms. The van der Waals surface area contributed by atoms with Gasteiger partial charge in [0.1, 0.15) is 5.82 Å². The maximum Gasteiger partial charge on any atom is 0.186 e. The van der Waals surface area contributed by atoms with E-state index in [2.05, 4.69) is 34.9 Å². The number of aryl methyl sites for hydroxylation is 1. The molecule has 0 atom stereocenters. The van der Waals surface area contributed by atoms with Crippen LogP contribution in [0.3, 0.4) is 0 Å². The molecule has 0 bridgehead atoms. The van der Waals surface area contributed by atoms with Crippen molar-refractivity contribution in [3.8, 4) is 0 Å². The summed E-state index contributed by atoms with van der Waals surface area (Å²) in [5.74, 6) is -0.183. The summed E-state index contributed by atoms with van der Waals surface area (Å²) in [6.07, 6.45) is 0. The third kappa shape index (κ3) is 2.77. The second kappa shape index (κ2) is 5.81. The highest BCUT2D eigenvalue weighted by Gasteiger charge is 2.20. The highest BCUT2D eigenvalue weighted by molar-refractivity contribution is 7.22. The van der Waals surface area contributed by atoms with Gasteiger partial charge in [-0.05, 0) is 42.8 Å². The lowest BCUT2D eigenvalue weighted by atomic mass is 10.2. The Morgan fingerprint density at radius 3 is 2.35 bits per heavy atom. The summed E-state index contributed by atoms with van der Waals surface area (Å²) >= 11 is 1.76. The first-order chi connectivity index (χ1) is 11.2. The predicted molar refractivity (Wildman–Crippen MR) is 95.2 cm³/mol. The lowest BCUT2D eigenvalue weighted by Gasteiger charge is -2.36. The Kier molecular flexibility index (Phi) is 3.65. The maximum atomic E-state index is 13.0.